The monoisotopic (exact) mass is 363 g/mol. The van der Waals surface area contributed by atoms with Crippen LogP contribution in [0.2, 0.25) is 0 Å². The Bertz CT molecular complexity index is 650. The van der Waals surface area contributed by atoms with Crippen LogP contribution in [0.25, 0.3) is 0 Å². The molecule has 1 aromatic heterocycles. The highest BCUT2D eigenvalue weighted by atomic mass is 32.2. The van der Waals surface area contributed by atoms with E-state index in [4.69, 9.17) is 4.74 Å². The number of ether oxygens (including phenoxy) is 1. The molecule has 0 spiro atoms. The fourth-order valence-corrected chi connectivity index (χ4v) is 4.13. The van der Waals surface area contributed by atoms with Gasteiger partial charge in [0, 0.05) is 33.6 Å². The topological polar surface area (TPSA) is 38.3 Å². The molecule has 0 fully saturated rings. The molecule has 0 bridgehead atoms. The number of nitrogens with one attached hydrogen (secondary N) is 1. The first kappa shape index (κ1) is 19.0. The average molecular weight is 364 g/mol. The van der Waals surface area contributed by atoms with E-state index >= 15 is 0 Å². The molecule has 1 N–H and O–H groups in total. The summed E-state index contributed by atoms with van der Waals surface area (Å²) in [6, 6.07) is 12.4. The van der Waals surface area contributed by atoms with Crippen LogP contribution in [0, 0.1) is 6.92 Å². The number of thioether (sulfide) groups is 1. The first-order valence-corrected chi connectivity index (χ1v) is 9.79. The summed E-state index contributed by atoms with van der Waals surface area (Å²) in [5, 5.41) is 3.54. The molecule has 0 aliphatic heterocycles. The summed E-state index contributed by atoms with van der Waals surface area (Å²) in [5.74, 6) is 0.0228. The zero-order valence-corrected chi connectivity index (χ0v) is 16.3. The molecule has 1 unspecified atom stereocenters. The average Bonchev–Trinajstić information content (AvgIpc) is 2.96. The molecule has 130 valence electrons. The molecule has 0 aliphatic carbocycles. The molecule has 2 rings (SSSR count). The third kappa shape index (κ3) is 5.96. The number of benzene rings is 1. The second kappa shape index (κ2) is 9.25. The van der Waals surface area contributed by atoms with Crippen molar-refractivity contribution in [2.75, 3.05) is 13.7 Å². The summed E-state index contributed by atoms with van der Waals surface area (Å²) in [6.07, 6.45) is 0.310. The lowest BCUT2D eigenvalue weighted by Crippen LogP contribution is -2.30. The fourth-order valence-electron chi connectivity index (χ4n) is 2.34. The number of hydrogen-bond acceptors (Lipinski definition) is 4. The van der Waals surface area contributed by atoms with Gasteiger partial charge in [0.25, 0.3) is 0 Å². The molecular formula is C19H25NO2S2. The first-order chi connectivity index (χ1) is 11.5. The minimum Gasteiger partial charge on any atom is -0.374 e. The molecule has 1 atom stereocenters. The Labute approximate surface area is 152 Å². The van der Waals surface area contributed by atoms with E-state index in [0.717, 1.165) is 10.4 Å². The standard InChI is InChI=1S/C19H25NO2S2/c1-13(2)23-16-8-6-15(7-9-16)11-19(21)20-12-17(22-4)18-10-5-14(3)24-18/h5-10,13,17H,11-12H2,1-4H3,(H,20,21). The van der Waals surface area contributed by atoms with Crippen LogP contribution < -0.4 is 5.32 Å². The lowest BCUT2D eigenvalue weighted by molar-refractivity contribution is -0.121. The number of carbonyl (C=O) groups is 1. The Kier molecular flexibility index (Phi) is 7.34. The molecule has 0 radical (unpaired) electrons. The Hall–Kier alpha value is -1.30. The van der Waals surface area contributed by atoms with Gasteiger partial charge in [-0.05, 0) is 36.8 Å². The fraction of sp³-hybridized carbons (Fsp3) is 0.421. The van der Waals surface area contributed by atoms with Gasteiger partial charge in [-0.1, -0.05) is 26.0 Å². The molecular weight excluding hydrogens is 338 g/mol. The van der Waals surface area contributed by atoms with Crippen molar-refractivity contribution >= 4 is 29.0 Å². The highest BCUT2D eigenvalue weighted by molar-refractivity contribution is 7.99. The van der Waals surface area contributed by atoms with E-state index in [9.17, 15) is 4.79 Å². The predicted molar refractivity (Wildman–Crippen MR) is 103 cm³/mol. The largest absolute Gasteiger partial charge is 0.374 e. The smallest absolute Gasteiger partial charge is 0.224 e. The Morgan fingerprint density at radius 2 is 1.92 bits per heavy atom. The lowest BCUT2D eigenvalue weighted by Gasteiger charge is -2.14. The third-order valence-corrected chi connectivity index (χ3v) is 5.62. The van der Waals surface area contributed by atoms with E-state index in [1.54, 1.807) is 18.4 Å². The van der Waals surface area contributed by atoms with Crippen LogP contribution in [0.5, 0.6) is 0 Å². The van der Waals surface area contributed by atoms with Crippen LogP contribution in [0.3, 0.4) is 0 Å². The van der Waals surface area contributed by atoms with Crippen LogP contribution in [-0.4, -0.2) is 24.8 Å². The van der Waals surface area contributed by atoms with E-state index in [-0.39, 0.29) is 12.0 Å². The van der Waals surface area contributed by atoms with Gasteiger partial charge in [0.1, 0.15) is 6.10 Å². The van der Waals surface area contributed by atoms with Crippen LogP contribution in [0.15, 0.2) is 41.3 Å². The quantitative estimate of drug-likeness (QED) is 0.697. The van der Waals surface area contributed by atoms with Gasteiger partial charge in [0.05, 0.1) is 6.42 Å². The van der Waals surface area contributed by atoms with E-state index in [1.807, 2.05) is 23.9 Å². The van der Waals surface area contributed by atoms with Crippen molar-refractivity contribution in [3.05, 3.63) is 51.7 Å². The van der Waals surface area contributed by atoms with Gasteiger partial charge in [-0.25, -0.2) is 0 Å². The summed E-state index contributed by atoms with van der Waals surface area (Å²) in [7, 11) is 1.68. The van der Waals surface area contributed by atoms with Gasteiger partial charge >= 0.3 is 0 Å². The van der Waals surface area contributed by atoms with Crippen LogP contribution in [0.1, 0.15) is 35.3 Å². The summed E-state index contributed by atoms with van der Waals surface area (Å²) in [4.78, 5) is 15.8. The van der Waals surface area contributed by atoms with E-state index in [2.05, 4.69) is 50.4 Å². The van der Waals surface area contributed by atoms with E-state index in [1.165, 1.54) is 9.77 Å². The van der Waals surface area contributed by atoms with Gasteiger partial charge in [-0.2, -0.15) is 0 Å². The number of hydrogen-bond donors (Lipinski definition) is 1. The van der Waals surface area contributed by atoms with Crippen molar-refractivity contribution in [3.8, 4) is 0 Å². The third-order valence-electron chi connectivity index (χ3n) is 3.51. The first-order valence-electron chi connectivity index (χ1n) is 8.09. The summed E-state index contributed by atoms with van der Waals surface area (Å²) in [5.41, 5.74) is 1.03. The SMILES string of the molecule is COC(CNC(=O)Cc1ccc(SC(C)C)cc1)c1ccc(C)s1. The highest BCUT2D eigenvalue weighted by Crippen LogP contribution is 2.25. The number of amides is 1. The van der Waals surface area contributed by atoms with Gasteiger partial charge in [-0.15, -0.1) is 23.1 Å². The summed E-state index contributed by atoms with van der Waals surface area (Å²) in [6.45, 7) is 6.91. The Morgan fingerprint density at radius 1 is 1.21 bits per heavy atom. The molecule has 24 heavy (non-hydrogen) atoms. The minimum absolute atomic E-state index is 0.0228. The summed E-state index contributed by atoms with van der Waals surface area (Å²) >= 11 is 3.53. The van der Waals surface area contributed by atoms with Crippen molar-refractivity contribution in [2.45, 2.75) is 43.4 Å². The number of rotatable bonds is 8. The Balaban J connectivity index is 1.84. The molecule has 1 aromatic carbocycles. The zero-order chi connectivity index (χ0) is 17.5. The summed E-state index contributed by atoms with van der Waals surface area (Å²) < 4.78 is 5.50. The maximum atomic E-state index is 12.2. The van der Waals surface area contributed by atoms with E-state index in [0.29, 0.717) is 18.2 Å². The van der Waals surface area contributed by atoms with Crippen molar-refractivity contribution < 1.29 is 9.53 Å². The van der Waals surface area contributed by atoms with Gasteiger partial charge in [-0.3, -0.25) is 4.79 Å². The second-order valence-corrected chi connectivity index (χ2v) is 8.93. The van der Waals surface area contributed by atoms with Crippen molar-refractivity contribution in [1.29, 1.82) is 0 Å². The normalized spacial score (nSPS) is 12.4. The van der Waals surface area contributed by atoms with Crippen LogP contribution in [-0.2, 0) is 16.0 Å². The zero-order valence-electron chi connectivity index (χ0n) is 14.7. The van der Waals surface area contributed by atoms with Gasteiger partial charge in [0.15, 0.2) is 0 Å². The maximum Gasteiger partial charge on any atom is 0.224 e. The molecule has 1 heterocycles. The molecule has 0 saturated heterocycles. The maximum absolute atomic E-state index is 12.2. The van der Waals surface area contributed by atoms with E-state index < -0.39 is 0 Å². The number of carbonyl (C=O) groups excluding carboxylic acids is 1. The Morgan fingerprint density at radius 3 is 2.46 bits per heavy atom. The minimum atomic E-state index is -0.0857. The number of aryl methyl sites for hydroxylation is 1. The molecule has 1 amide bonds. The predicted octanol–water partition coefficient (Wildman–Crippen LogP) is 4.60. The highest BCUT2D eigenvalue weighted by Gasteiger charge is 2.14. The van der Waals surface area contributed by atoms with Gasteiger partial charge in [0.2, 0.25) is 5.91 Å². The van der Waals surface area contributed by atoms with Gasteiger partial charge < -0.3 is 10.1 Å². The lowest BCUT2D eigenvalue weighted by atomic mass is 10.1. The van der Waals surface area contributed by atoms with Crippen molar-refractivity contribution in [1.82, 2.24) is 5.32 Å². The van der Waals surface area contributed by atoms with Crippen LogP contribution in [0.4, 0.5) is 0 Å². The van der Waals surface area contributed by atoms with Crippen LogP contribution >= 0.6 is 23.1 Å². The molecule has 0 saturated carbocycles. The van der Waals surface area contributed by atoms with Crippen molar-refractivity contribution in [2.24, 2.45) is 0 Å². The molecule has 5 heteroatoms. The second-order valence-electron chi connectivity index (χ2n) is 5.96. The van der Waals surface area contributed by atoms with Crippen molar-refractivity contribution in [3.63, 3.8) is 0 Å². The molecule has 0 aliphatic rings. The number of methoxy groups -OCH3 is 1. The number of thiophene rings is 1. The molecule has 3 nitrogen and oxygen atoms in total. The molecule has 2 aromatic rings.